The highest BCUT2D eigenvalue weighted by atomic mass is 32.2. The number of benzene rings is 1. The van der Waals surface area contributed by atoms with Crippen molar-refractivity contribution in [3.63, 3.8) is 0 Å². The lowest BCUT2D eigenvalue weighted by atomic mass is 10.2. The van der Waals surface area contributed by atoms with Crippen LogP contribution in [0.3, 0.4) is 0 Å². The molecule has 36 heavy (non-hydrogen) atoms. The van der Waals surface area contributed by atoms with Gasteiger partial charge in [-0.3, -0.25) is 14.2 Å². The van der Waals surface area contributed by atoms with E-state index in [1.54, 1.807) is 42.2 Å². The van der Waals surface area contributed by atoms with E-state index >= 15 is 0 Å². The third-order valence-electron chi connectivity index (χ3n) is 5.69. The van der Waals surface area contributed by atoms with Gasteiger partial charge in [0.2, 0.25) is 0 Å². The molecule has 0 radical (unpaired) electrons. The lowest BCUT2D eigenvalue weighted by Gasteiger charge is -2.20. The molecular weight excluding hydrogens is 491 g/mol. The Morgan fingerprint density at radius 1 is 1.08 bits per heavy atom. The third-order valence-corrected chi connectivity index (χ3v) is 7.74. The third kappa shape index (κ3) is 4.79. The number of aliphatic hydroxyl groups is 1. The number of nitrogens with zero attached hydrogens (tertiary/aromatic N) is 6. The van der Waals surface area contributed by atoms with Crippen molar-refractivity contribution in [1.29, 1.82) is 0 Å². The van der Waals surface area contributed by atoms with Crippen molar-refractivity contribution in [3.8, 4) is 28.7 Å². The molecule has 3 aromatic heterocycles. The molecule has 0 aliphatic rings. The Labute approximate surface area is 207 Å². The van der Waals surface area contributed by atoms with E-state index in [0.29, 0.717) is 22.9 Å². The number of ether oxygens (including phenoxy) is 2. The monoisotopic (exact) mass is 516 g/mol. The fourth-order valence-corrected chi connectivity index (χ4v) is 5.05. The smallest absolute Gasteiger partial charge is 0.189 e. The summed E-state index contributed by atoms with van der Waals surface area (Å²) in [7, 11) is 0.683. The van der Waals surface area contributed by atoms with Gasteiger partial charge in [0.25, 0.3) is 0 Å². The summed E-state index contributed by atoms with van der Waals surface area (Å²) in [5.74, 6) is -0.0425. The first-order valence-corrected chi connectivity index (χ1v) is 12.5. The second kappa shape index (κ2) is 10.0. The van der Waals surface area contributed by atoms with Crippen LogP contribution in [-0.2, 0) is 22.6 Å². The molecule has 11 nitrogen and oxygen atoms in total. The molecule has 3 heterocycles. The Balaban J connectivity index is 1.81. The zero-order chi connectivity index (χ0) is 26.0. The summed E-state index contributed by atoms with van der Waals surface area (Å²) in [6, 6.07) is 9.20. The molecule has 0 bridgehead atoms. The fourth-order valence-electron chi connectivity index (χ4n) is 3.71. The first kappa shape index (κ1) is 25.3. The van der Waals surface area contributed by atoms with Gasteiger partial charge in [-0.2, -0.15) is 5.10 Å². The minimum Gasteiger partial charge on any atom is -0.494 e. The van der Waals surface area contributed by atoms with E-state index in [2.05, 4.69) is 20.3 Å². The van der Waals surface area contributed by atoms with Crippen LogP contribution in [0.1, 0.15) is 24.5 Å². The molecule has 1 N–H and O–H groups in total. The Hall–Kier alpha value is -3.84. The van der Waals surface area contributed by atoms with E-state index in [4.69, 9.17) is 9.47 Å². The number of para-hydroxylation sites is 1. The largest absolute Gasteiger partial charge is 0.494 e. The molecule has 0 aliphatic heterocycles. The molecular formula is C23H25FN6O5S. The van der Waals surface area contributed by atoms with Crippen LogP contribution in [0.2, 0.25) is 0 Å². The molecule has 0 spiro atoms. The predicted molar refractivity (Wildman–Crippen MR) is 128 cm³/mol. The number of aromatic nitrogens is 6. The molecule has 2 atom stereocenters. The van der Waals surface area contributed by atoms with E-state index in [9.17, 15) is 17.9 Å². The fraction of sp³-hybridized carbons (Fsp3) is 0.304. The van der Waals surface area contributed by atoms with Crippen LogP contribution < -0.4 is 9.47 Å². The van der Waals surface area contributed by atoms with Gasteiger partial charge in [-0.15, -0.1) is 10.2 Å². The summed E-state index contributed by atoms with van der Waals surface area (Å²) in [6.45, 7) is 1.36. The topological polar surface area (TPSA) is 134 Å². The standard InChI is InChI=1S/C23H25FN6O5S/c1-14(22(31)16-9-8-15(24)12-25-16)36(32,33)13-20-26-27-23(17-10-11-29(2)28-17)30(20)21-18(34-3)6-5-7-19(21)35-4/h5-12,14,22,31H,13H2,1-4H3/t14-,22-/m1/s1. The highest BCUT2D eigenvalue weighted by Crippen LogP contribution is 2.36. The normalized spacial score (nSPS) is 13.4. The number of hydrogen-bond acceptors (Lipinski definition) is 9. The van der Waals surface area contributed by atoms with Crippen LogP contribution in [0, 0.1) is 5.82 Å². The van der Waals surface area contributed by atoms with Gasteiger partial charge >= 0.3 is 0 Å². The van der Waals surface area contributed by atoms with Crippen molar-refractivity contribution in [2.24, 2.45) is 7.05 Å². The van der Waals surface area contributed by atoms with Gasteiger partial charge in [-0.05, 0) is 37.3 Å². The molecule has 13 heteroatoms. The lowest BCUT2D eigenvalue weighted by molar-refractivity contribution is 0.171. The number of aryl methyl sites for hydroxylation is 1. The minimum atomic E-state index is -4.02. The van der Waals surface area contributed by atoms with Crippen LogP contribution in [0.5, 0.6) is 11.5 Å². The van der Waals surface area contributed by atoms with Crippen LogP contribution >= 0.6 is 0 Å². The molecule has 0 aliphatic carbocycles. The summed E-state index contributed by atoms with van der Waals surface area (Å²) in [4.78, 5) is 3.81. The quantitative estimate of drug-likeness (QED) is 0.355. The summed E-state index contributed by atoms with van der Waals surface area (Å²) >= 11 is 0. The summed E-state index contributed by atoms with van der Waals surface area (Å²) in [6.07, 6.45) is 1.16. The number of sulfone groups is 1. The van der Waals surface area contributed by atoms with Crippen molar-refractivity contribution in [2.45, 2.75) is 24.0 Å². The van der Waals surface area contributed by atoms with Crippen molar-refractivity contribution in [1.82, 2.24) is 29.5 Å². The van der Waals surface area contributed by atoms with Crippen molar-refractivity contribution >= 4 is 9.84 Å². The SMILES string of the molecule is COc1cccc(OC)c1-n1c(CS(=O)(=O)[C@H](C)[C@@H](O)c2ccc(F)cn2)nnc1-c1ccn(C)n1. The molecule has 4 aromatic rings. The van der Waals surface area contributed by atoms with Gasteiger partial charge in [0.05, 0.1) is 31.4 Å². The molecule has 190 valence electrons. The molecule has 0 amide bonds. The van der Waals surface area contributed by atoms with Gasteiger partial charge in [-0.25, -0.2) is 12.8 Å². The van der Waals surface area contributed by atoms with Crippen LogP contribution in [0.25, 0.3) is 17.2 Å². The highest BCUT2D eigenvalue weighted by molar-refractivity contribution is 7.91. The zero-order valence-electron chi connectivity index (χ0n) is 20.0. The Kier molecular flexibility index (Phi) is 7.04. The Bertz CT molecular complexity index is 1450. The Morgan fingerprint density at radius 2 is 1.78 bits per heavy atom. The van der Waals surface area contributed by atoms with Gasteiger partial charge in [0, 0.05) is 13.2 Å². The zero-order valence-corrected chi connectivity index (χ0v) is 20.8. The number of rotatable bonds is 9. The van der Waals surface area contributed by atoms with E-state index in [0.717, 1.165) is 12.3 Å². The molecule has 0 unspecified atom stereocenters. The number of aliphatic hydroxyl groups excluding tert-OH is 1. The molecule has 1 aromatic carbocycles. The minimum absolute atomic E-state index is 0.0366. The van der Waals surface area contributed by atoms with Gasteiger partial charge in [0.1, 0.15) is 40.6 Å². The van der Waals surface area contributed by atoms with Crippen molar-refractivity contribution in [3.05, 3.63) is 66.1 Å². The maximum Gasteiger partial charge on any atom is 0.189 e. The Morgan fingerprint density at radius 3 is 2.33 bits per heavy atom. The second-order valence-electron chi connectivity index (χ2n) is 8.02. The maximum absolute atomic E-state index is 13.4. The van der Waals surface area contributed by atoms with Gasteiger partial charge in [-0.1, -0.05) is 6.07 Å². The average molecular weight is 517 g/mol. The number of methoxy groups -OCH3 is 2. The molecule has 4 rings (SSSR count). The summed E-state index contributed by atoms with van der Waals surface area (Å²) in [5, 5.41) is 22.2. The molecule has 0 saturated heterocycles. The van der Waals surface area contributed by atoms with E-state index in [-0.39, 0.29) is 17.3 Å². The van der Waals surface area contributed by atoms with E-state index < -0.39 is 32.8 Å². The number of pyridine rings is 1. The average Bonchev–Trinajstić information content (AvgIpc) is 3.48. The molecule has 0 saturated carbocycles. The van der Waals surface area contributed by atoms with Crippen molar-refractivity contribution < 1.29 is 27.4 Å². The first-order valence-electron chi connectivity index (χ1n) is 10.8. The second-order valence-corrected chi connectivity index (χ2v) is 10.4. The van der Waals surface area contributed by atoms with E-state index in [1.807, 2.05) is 0 Å². The van der Waals surface area contributed by atoms with Gasteiger partial charge < -0.3 is 14.6 Å². The van der Waals surface area contributed by atoms with Crippen LogP contribution in [-0.4, -0.2) is 62.5 Å². The lowest BCUT2D eigenvalue weighted by Crippen LogP contribution is -2.28. The van der Waals surface area contributed by atoms with Gasteiger partial charge in [0.15, 0.2) is 21.5 Å². The molecule has 0 fully saturated rings. The van der Waals surface area contributed by atoms with Crippen LogP contribution in [0.15, 0.2) is 48.8 Å². The first-order chi connectivity index (χ1) is 17.2. The maximum atomic E-state index is 13.4. The highest BCUT2D eigenvalue weighted by Gasteiger charge is 2.33. The summed E-state index contributed by atoms with van der Waals surface area (Å²) in [5.41, 5.74) is 0.881. The predicted octanol–water partition coefficient (Wildman–Crippen LogP) is 2.26. The van der Waals surface area contributed by atoms with Crippen LogP contribution in [0.4, 0.5) is 4.39 Å². The number of halogens is 1. The van der Waals surface area contributed by atoms with E-state index in [1.165, 1.54) is 31.8 Å². The van der Waals surface area contributed by atoms with Crippen molar-refractivity contribution in [2.75, 3.05) is 14.2 Å². The summed E-state index contributed by atoms with van der Waals surface area (Å²) < 4.78 is 54.2. The number of hydrogen-bond donors (Lipinski definition) is 1.